The molecular formula is C29H32N4O6S. The van der Waals surface area contributed by atoms with E-state index in [0.717, 1.165) is 35.7 Å². The van der Waals surface area contributed by atoms with E-state index in [1.807, 2.05) is 37.3 Å². The molecule has 1 atom stereocenters. The number of aliphatic carboxylic acids is 1. The van der Waals surface area contributed by atoms with Gasteiger partial charge in [0.05, 0.1) is 9.82 Å². The van der Waals surface area contributed by atoms with Gasteiger partial charge in [0, 0.05) is 11.7 Å². The highest BCUT2D eigenvalue weighted by molar-refractivity contribution is 7.89. The van der Waals surface area contributed by atoms with E-state index in [1.165, 1.54) is 0 Å². The fourth-order valence-electron chi connectivity index (χ4n) is 4.68. The van der Waals surface area contributed by atoms with Crippen molar-refractivity contribution in [1.29, 1.82) is 0 Å². The standard InChI is InChI=1S/C29H32N4O6S/c1-18-13-19(2)28(20(3)14-18)40(38,39)32-26(29(34)35)15-21-7-9-22(10-8-21)23-5-4-6-25(16-23)31-27(17-33(36)37)30-24-11-12-24/h4-10,13-14,16-17,24,26,30-32H,11-12,15H2,1-3H3,(H,34,35)/b27-17-/t26-/m0/s1. The summed E-state index contributed by atoms with van der Waals surface area (Å²) < 4.78 is 28.6. The Hall–Kier alpha value is -4.22. The van der Waals surface area contributed by atoms with Gasteiger partial charge in [0.2, 0.25) is 10.0 Å². The second-order valence-electron chi connectivity index (χ2n) is 10.1. The van der Waals surface area contributed by atoms with Crippen LogP contribution in [0.25, 0.3) is 11.1 Å². The number of nitrogens with zero attached hydrogens (tertiary/aromatic N) is 1. The van der Waals surface area contributed by atoms with Crippen LogP contribution in [0.4, 0.5) is 5.69 Å². The van der Waals surface area contributed by atoms with Crippen LogP contribution >= 0.6 is 0 Å². The number of aryl methyl sites for hydroxylation is 3. The van der Waals surface area contributed by atoms with Gasteiger partial charge in [-0.25, -0.2) is 8.42 Å². The summed E-state index contributed by atoms with van der Waals surface area (Å²) in [5.74, 6) is -0.953. The molecule has 0 amide bonds. The average Bonchev–Trinajstić information content (AvgIpc) is 3.67. The maximum Gasteiger partial charge on any atom is 0.322 e. The first-order chi connectivity index (χ1) is 18.9. The minimum absolute atomic E-state index is 0.0394. The molecule has 0 spiro atoms. The van der Waals surface area contributed by atoms with Gasteiger partial charge in [-0.2, -0.15) is 4.72 Å². The van der Waals surface area contributed by atoms with Crippen LogP contribution in [0.1, 0.15) is 35.1 Å². The zero-order valence-electron chi connectivity index (χ0n) is 22.5. The molecule has 11 heteroatoms. The van der Waals surface area contributed by atoms with Crippen LogP contribution in [-0.4, -0.2) is 36.5 Å². The molecule has 10 nitrogen and oxygen atoms in total. The highest BCUT2D eigenvalue weighted by Gasteiger charge is 2.28. The van der Waals surface area contributed by atoms with Crippen molar-refractivity contribution in [2.24, 2.45) is 0 Å². The van der Waals surface area contributed by atoms with Crippen molar-refractivity contribution in [3.8, 4) is 11.1 Å². The molecule has 3 aromatic carbocycles. The Balaban J connectivity index is 1.49. The molecule has 3 aromatic rings. The Bertz CT molecular complexity index is 1540. The van der Waals surface area contributed by atoms with Gasteiger partial charge in [-0.1, -0.05) is 54.1 Å². The lowest BCUT2D eigenvalue weighted by molar-refractivity contribution is -0.403. The van der Waals surface area contributed by atoms with E-state index >= 15 is 0 Å². The summed E-state index contributed by atoms with van der Waals surface area (Å²) in [6, 6.07) is 16.9. The monoisotopic (exact) mass is 564 g/mol. The maximum atomic E-state index is 13.1. The van der Waals surface area contributed by atoms with Crippen LogP contribution in [-0.2, 0) is 21.2 Å². The fraction of sp³-hybridized carbons (Fsp3) is 0.276. The number of carboxylic acid groups (broad SMARTS) is 1. The highest BCUT2D eigenvalue weighted by atomic mass is 32.2. The lowest BCUT2D eigenvalue weighted by atomic mass is 10.0. The lowest BCUT2D eigenvalue weighted by Crippen LogP contribution is -2.42. The van der Waals surface area contributed by atoms with Gasteiger partial charge in [-0.05, 0) is 80.0 Å². The molecule has 0 aliphatic heterocycles. The van der Waals surface area contributed by atoms with Gasteiger partial charge in [0.15, 0.2) is 5.82 Å². The first-order valence-corrected chi connectivity index (χ1v) is 14.3. The first-order valence-electron chi connectivity index (χ1n) is 12.8. The molecule has 210 valence electrons. The second kappa shape index (κ2) is 11.9. The Morgan fingerprint density at radius 1 is 1.05 bits per heavy atom. The third kappa shape index (κ3) is 7.45. The number of sulfonamides is 1. The number of carbonyl (C=O) groups is 1. The summed E-state index contributed by atoms with van der Waals surface area (Å²) in [5, 5.41) is 27.0. The Labute approximate surface area is 233 Å². The van der Waals surface area contributed by atoms with Crippen LogP contribution in [0.15, 0.2) is 77.6 Å². The van der Waals surface area contributed by atoms with Crippen molar-refractivity contribution < 1.29 is 23.2 Å². The average molecular weight is 565 g/mol. The van der Waals surface area contributed by atoms with Crippen molar-refractivity contribution in [3.63, 3.8) is 0 Å². The van der Waals surface area contributed by atoms with E-state index in [-0.39, 0.29) is 17.4 Å². The van der Waals surface area contributed by atoms with E-state index in [9.17, 15) is 28.4 Å². The summed E-state index contributed by atoms with van der Waals surface area (Å²) in [7, 11) is -4.07. The maximum absolute atomic E-state index is 13.1. The van der Waals surface area contributed by atoms with Gasteiger partial charge in [-0.3, -0.25) is 14.9 Å². The molecule has 1 aliphatic carbocycles. The molecule has 0 unspecified atom stereocenters. The number of carboxylic acids is 1. The number of anilines is 1. The number of nitro groups is 1. The van der Waals surface area contributed by atoms with Gasteiger partial charge in [0.25, 0.3) is 6.20 Å². The number of nitrogens with one attached hydrogen (secondary N) is 3. The fourth-order valence-corrected chi connectivity index (χ4v) is 6.32. The third-order valence-corrected chi connectivity index (χ3v) is 8.29. The second-order valence-corrected chi connectivity index (χ2v) is 11.7. The van der Waals surface area contributed by atoms with Crippen LogP contribution in [0.3, 0.4) is 0 Å². The summed E-state index contributed by atoms with van der Waals surface area (Å²) >= 11 is 0. The van der Waals surface area contributed by atoms with E-state index in [4.69, 9.17) is 0 Å². The zero-order valence-corrected chi connectivity index (χ0v) is 23.3. The van der Waals surface area contributed by atoms with E-state index in [1.54, 1.807) is 44.2 Å². The summed E-state index contributed by atoms with van der Waals surface area (Å²) in [5.41, 5.74) is 5.05. The normalized spacial score (nSPS) is 14.4. The Morgan fingerprint density at radius 2 is 1.70 bits per heavy atom. The molecular weight excluding hydrogens is 532 g/mol. The molecule has 1 saturated carbocycles. The molecule has 0 radical (unpaired) electrons. The minimum Gasteiger partial charge on any atom is -0.480 e. The van der Waals surface area contributed by atoms with Crippen molar-refractivity contribution in [3.05, 3.63) is 105 Å². The number of hydrogen-bond donors (Lipinski definition) is 4. The molecule has 0 bridgehead atoms. The third-order valence-electron chi connectivity index (χ3n) is 6.51. The van der Waals surface area contributed by atoms with Gasteiger partial charge >= 0.3 is 5.97 Å². The van der Waals surface area contributed by atoms with Crippen molar-refractivity contribution in [2.45, 2.75) is 57.0 Å². The van der Waals surface area contributed by atoms with Crippen molar-refractivity contribution in [2.75, 3.05) is 5.32 Å². The van der Waals surface area contributed by atoms with Crippen LogP contribution in [0, 0.1) is 30.9 Å². The predicted octanol–water partition coefficient (Wildman–Crippen LogP) is 4.49. The lowest BCUT2D eigenvalue weighted by Gasteiger charge is -2.18. The molecule has 0 aromatic heterocycles. The Morgan fingerprint density at radius 3 is 2.27 bits per heavy atom. The molecule has 1 fully saturated rings. The number of benzene rings is 3. The largest absolute Gasteiger partial charge is 0.480 e. The van der Waals surface area contributed by atoms with Crippen LogP contribution in [0.2, 0.25) is 0 Å². The summed E-state index contributed by atoms with van der Waals surface area (Å²) in [4.78, 5) is 22.6. The van der Waals surface area contributed by atoms with Crippen LogP contribution in [0.5, 0.6) is 0 Å². The van der Waals surface area contributed by atoms with Gasteiger partial charge in [-0.15, -0.1) is 0 Å². The minimum atomic E-state index is -4.07. The molecule has 0 heterocycles. The molecule has 4 rings (SSSR count). The van der Waals surface area contributed by atoms with Gasteiger partial charge in [0.1, 0.15) is 6.04 Å². The molecule has 0 saturated heterocycles. The molecule has 40 heavy (non-hydrogen) atoms. The molecule has 1 aliphatic rings. The Kier molecular flexibility index (Phi) is 8.55. The highest BCUT2D eigenvalue weighted by Crippen LogP contribution is 2.26. The topological polar surface area (TPSA) is 151 Å². The molecule has 4 N–H and O–H groups in total. The van der Waals surface area contributed by atoms with E-state index in [0.29, 0.717) is 28.2 Å². The first kappa shape index (κ1) is 28.8. The van der Waals surface area contributed by atoms with E-state index in [2.05, 4.69) is 15.4 Å². The smallest absolute Gasteiger partial charge is 0.322 e. The van der Waals surface area contributed by atoms with Crippen LogP contribution < -0.4 is 15.4 Å². The summed E-state index contributed by atoms with van der Waals surface area (Å²) in [6.07, 6.45) is 2.81. The van der Waals surface area contributed by atoms with Gasteiger partial charge < -0.3 is 15.7 Å². The number of hydrogen-bond acceptors (Lipinski definition) is 7. The zero-order chi connectivity index (χ0) is 29.0. The number of rotatable bonds is 12. The van der Waals surface area contributed by atoms with E-state index < -0.39 is 27.0 Å². The summed E-state index contributed by atoms with van der Waals surface area (Å²) in [6.45, 7) is 5.25. The quantitative estimate of drug-likeness (QED) is 0.186. The SMILES string of the molecule is Cc1cc(C)c(S(=O)(=O)N[C@@H](Cc2ccc(-c3cccc(N/C(=C\[N+](=O)[O-])NC4CC4)c3)cc2)C(=O)O)c(C)c1. The van der Waals surface area contributed by atoms with Crippen molar-refractivity contribution in [1.82, 2.24) is 10.0 Å². The van der Waals surface area contributed by atoms with Crippen molar-refractivity contribution >= 4 is 21.7 Å². The predicted molar refractivity (Wildman–Crippen MR) is 153 cm³/mol.